The summed E-state index contributed by atoms with van der Waals surface area (Å²) >= 11 is 0. The van der Waals surface area contributed by atoms with Gasteiger partial charge in [-0.05, 0) is 87.7 Å². The largest absolute Gasteiger partial charge is 0.378 e. The molecule has 0 aromatic rings. The highest BCUT2D eigenvalue weighted by Gasteiger charge is 2.20. The molecule has 2 saturated carbocycles. The fourth-order valence-corrected chi connectivity index (χ4v) is 4.47. The number of hydrogen-bond donors (Lipinski definition) is 0. The summed E-state index contributed by atoms with van der Waals surface area (Å²) in [4.78, 5) is 0. The van der Waals surface area contributed by atoms with Crippen molar-refractivity contribution in [2.45, 2.75) is 103 Å². The Kier molecular flexibility index (Phi) is 11.6. The summed E-state index contributed by atoms with van der Waals surface area (Å²) in [7, 11) is 0. The van der Waals surface area contributed by atoms with E-state index in [1.807, 2.05) is 0 Å². The van der Waals surface area contributed by atoms with Crippen molar-refractivity contribution in [1.82, 2.24) is 0 Å². The molecule has 0 atom stereocenters. The van der Waals surface area contributed by atoms with E-state index in [2.05, 4.69) is 50.0 Å². The molecule has 0 radical (unpaired) electrons. The lowest BCUT2D eigenvalue weighted by Crippen LogP contribution is -2.21. The summed E-state index contributed by atoms with van der Waals surface area (Å²) < 4.78 is 5.95. The minimum absolute atomic E-state index is 0.507. The highest BCUT2D eigenvalue weighted by Crippen LogP contribution is 2.32. The average Bonchev–Trinajstić information content (AvgIpc) is 2.71. The van der Waals surface area contributed by atoms with E-state index >= 15 is 0 Å². The standard InChI is InChI=1S/C26H42O/c1-3-5-11-23-14-16-24(17-15-23)12-9-7-8-10-13-25-18-20-26(21-19-25)27-22-6-4-2/h9-10,12-13,23-26H,3-6,11,14-22H2,1-2H3/b12-9+,13-10+. The molecule has 0 amide bonds. The molecular formula is C26H42O. The molecule has 0 N–H and O–H groups in total. The van der Waals surface area contributed by atoms with E-state index < -0.39 is 0 Å². The van der Waals surface area contributed by atoms with Crippen molar-refractivity contribution < 1.29 is 4.74 Å². The van der Waals surface area contributed by atoms with Crippen LogP contribution in [0, 0.1) is 29.6 Å². The molecule has 1 heteroatoms. The van der Waals surface area contributed by atoms with Crippen LogP contribution in [0.1, 0.15) is 97.3 Å². The highest BCUT2D eigenvalue weighted by atomic mass is 16.5. The van der Waals surface area contributed by atoms with Gasteiger partial charge in [-0.15, -0.1) is 0 Å². The molecule has 0 bridgehead atoms. The Morgan fingerprint density at radius 2 is 1.30 bits per heavy atom. The normalized spacial score (nSPS) is 29.1. The Labute approximate surface area is 169 Å². The van der Waals surface area contributed by atoms with Crippen LogP contribution >= 0.6 is 0 Å². The van der Waals surface area contributed by atoms with Crippen LogP contribution in [0.5, 0.6) is 0 Å². The van der Waals surface area contributed by atoms with Crippen LogP contribution in [-0.4, -0.2) is 12.7 Å². The fraction of sp³-hybridized carbons (Fsp3) is 0.769. The second kappa shape index (κ2) is 14.1. The van der Waals surface area contributed by atoms with Crippen LogP contribution in [-0.2, 0) is 4.74 Å². The van der Waals surface area contributed by atoms with E-state index in [1.54, 1.807) is 0 Å². The number of rotatable bonds is 9. The number of unbranched alkanes of at least 4 members (excludes halogenated alkanes) is 2. The zero-order valence-electron chi connectivity index (χ0n) is 17.9. The summed E-state index contributed by atoms with van der Waals surface area (Å²) in [5.74, 6) is 8.90. The van der Waals surface area contributed by atoms with Crippen LogP contribution in [0.2, 0.25) is 0 Å². The smallest absolute Gasteiger partial charge is 0.0575 e. The van der Waals surface area contributed by atoms with E-state index in [1.165, 1.54) is 83.5 Å². The summed E-state index contributed by atoms with van der Waals surface area (Å²) in [6.45, 7) is 5.47. The van der Waals surface area contributed by atoms with E-state index in [0.29, 0.717) is 12.0 Å². The highest BCUT2D eigenvalue weighted by molar-refractivity contribution is 5.24. The van der Waals surface area contributed by atoms with Gasteiger partial charge in [-0.1, -0.05) is 63.5 Å². The molecule has 0 unspecified atom stereocenters. The summed E-state index contributed by atoms with van der Waals surface area (Å²) in [6.07, 6.45) is 26.5. The lowest BCUT2D eigenvalue weighted by Gasteiger charge is -2.26. The number of ether oxygens (including phenoxy) is 1. The van der Waals surface area contributed by atoms with Crippen molar-refractivity contribution in [2.75, 3.05) is 6.61 Å². The third-order valence-electron chi connectivity index (χ3n) is 6.41. The van der Waals surface area contributed by atoms with Crippen LogP contribution in [0.15, 0.2) is 24.3 Å². The van der Waals surface area contributed by atoms with Crippen LogP contribution < -0.4 is 0 Å². The molecule has 0 aromatic carbocycles. The first-order chi connectivity index (χ1) is 13.3. The molecule has 152 valence electrons. The molecular weight excluding hydrogens is 328 g/mol. The summed E-state index contributed by atoms with van der Waals surface area (Å²) in [6, 6.07) is 0. The predicted octanol–water partition coefficient (Wildman–Crippen LogP) is 7.47. The van der Waals surface area contributed by atoms with Gasteiger partial charge < -0.3 is 4.74 Å². The first-order valence-corrected chi connectivity index (χ1v) is 11.8. The van der Waals surface area contributed by atoms with E-state index in [4.69, 9.17) is 4.74 Å². The Morgan fingerprint density at radius 1 is 0.741 bits per heavy atom. The molecule has 0 heterocycles. The molecule has 0 aromatic heterocycles. The van der Waals surface area contributed by atoms with E-state index in [0.717, 1.165) is 18.4 Å². The van der Waals surface area contributed by atoms with Crippen molar-refractivity contribution >= 4 is 0 Å². The van der Waals surface area contributed by atoms with Crippen molar-refractivity contribution in [1.29, 1.82) is 0 Å². The van der Waals surface area contributed by atoms with Crippen molar-refractivity contribution in [3.63, 3.8) is 0 Å². The molecule has 2 fully saturated rings. The van der Waals surface area contributed by atoms with Gasteiger partial charge in [0.05, 0.1) is 6.10 Å². The van der Waals surface area contributed by atoms with E-state index in [9.17, 15) is 0 Å². The topological polar surface area (TPSA) is 9.23 Å². The van der Waals surface area contributed by atoms with Gasteiger partial charge in [0.2, 0.25) is 0 Å². The quantitative estimate of drug-likeness (QED) is 0.302. The minimum Gasteiger partial charge on any atom is -0.378 e. The predicted molar refractivity (Wildman–Crippen MR) is 118 cm³/mol. The lowest BCUT2D eigenvalue weighted by molar-refractivity contribution is 0.0209. The van der Waals surface area contributed by atoms with Gasteiger partial charge in [0.15, 0.2) is 0 Å². The van der Waals surface area contributed by atoms with Crippen molar-refractivity contribution in [2.24, 2.45) is 17.8 Å². The van der Waals surface area contributed by atoms with Gasteiger partial charge in [-0.3, -0.25) is 0 Å². The minimum atomic E-state index is 0.507. The first kappa shape index (κ1) is 22.3. The number of hydrogen-bond acceptors (Lipinski definition) is 1. The van der Waals surface area contributed by atoms with Crippen LogP contribution in [0.4, 0.5) is 0 Å². The summed E-state index contributed by atoms with van der Waals surface area (Å²) in [5, 5.41) is 0. The third-order valence-corrected chi connectivity index (χ3v) is 6.41. The molecule has 2 aliphatic rings. The Morgan fingerprint density at radius 3 is 1.85 bits per heavy atom. The lowest BCUT2D eigenvalue weighted by atomic mass is 9.80. The molecule has 2 rings (SSSR count). The van der Waals surface area contributed by atoms with E-state index in [-0.39, 0.29) is 0 Å². The molecule has 0 aliphatic heterocycles. The fourth-order valence-electron chi connectivity index (χ4n) is 4.47. The molecule has 0 spiro atoms. The van der Waals surface area contributed by atoms with Gasteiger partial charge in [0, 0.05) is 6.61 Å². The van der Waals surface area contributed by atoms with Crippen molar-refractivity contribution in [3.8, 4) is 11.8 Å². The van der Waals surface area contributed by atoms with Crippen LogP contribution in [0.3, 0.4) is 0 Å². The van der Waals surface area contributed by atoms with Gasteiger partial charge >= 0.3 is 0 Å². The summed E-state index contributed by atoms with van der Waals surface area (Å²) in [5.41, 5.74) is 0. The van der Waals surface area contributed by atoms with Crippen LogP contribution in [0.25, 0.3) is 0 Å². The Balaban J connectivity index is 1.57. The first-order valence-electron chi connectivity index (χ1n) is 11.8. The maximum absolute atomic E-state index is 5.95. The molecule has 0 saturated heterocycles. The molecule has 27 heavy (non-hydrogen) atoms. The molecule has 1 nitrogen and oxygen atoms in total. The maximum Gasteiger partial charge on any atom is 0.0575 e. The van der Waals surface area contributed by atoms with Gasteiger partial charge in [-0.2, -0.15) is 0 Å². The third kappa shape index (κ3) is 9.66. The van der Waals surface area contributed by atoms with Gasteiger partial charge in [0.25, 0.3) is 0 Å². The Bertz CT molecular complexity index is 476. The zero-order valence-corrected chi connectivity index (χ0v) is 17.9. The average molecular weight is 371 g/mol. The monoisotopic (exact) mass is 370 g/mol. The SMILES string of the molecule is CCCCOC1CCC(/C=C/C#C/C=C/C2CCC(CCCC)CC2)CC1. The second-order valence-corrected chi connectivity index (χ2v) is 8.69. The Hall–Kier alpha value is -1.00. The maximum atomic E-state index is 5.95. The second-order valence-electron chi connectivity index (χ2n) is 8.69. The zero-order chi connectivity index (χ0) is 19.2. The van der Waals surface area contributed by atoms with Gasteiger partial charge in [-0.25, -0.2) is 0 Å². The molecule has 2 aliphatic carbocycles. The number of allylic oxidation sites excluding steroid dienone is 4. The van der Waals surface area contributed by atoms with Crippen molar-refractivity contribution in [3.05, 3.63) is 24.3 Å². The van der Waals surface area contributed by atoms with Gasteiger partial charge in [0.1, 0.15) is 0 Å².